The number of carbonyl (C=O) groups is 1. The molecule has 0 spiro atoms. The van der Waals surface area contributed by atoms with Crippen molar-refractivity contribution in [3.8, 4) is 5.75 Å². The van der Waals surface area contributed by atoms with E-state index in [-0.39, 0.29) is 5.91 Å². The van der Waals surface area contributed by atoms with E-state index in [1.807, 2.05) is 24.3 Å². The SMILES string of the molecule is COCCNC(=O)c1cnc(NCCc2ccccc2OC)nc1. The van der Waals surface area contributed by atoms with Gasteiger partial charge in [-0.2, -0.15) is 0 Å². The topological polar surface area (TPSA) is 85.4 Å². The first-order valence-corrected chi connectivity index (χ1v) is 7.69. The minimum atomic E-state index is -0.215. The minimum Gasteiger partial charge on any atom is -0.496 e. The number of anilines is 1. The van der Waals surface area contributed by atoms with Crippen LogP contribution in [0.15, 0.2) is 36.7 Å². The first-order valence-electron chi connectivity index (χ1n) is 7.69. The monoisotopic (exact) mass is 330 g/mol. The van der Waals surface area contributed by atoms with Gasteiger partial charge in [0.15, 0.2) is 0 Å². The molecule has 1 amide bonds. The van der Waals surface area contributed by atoms with Gasteiger partial charge in [-0.3, -0.25) is 4.79 Å². The fourth-order valence-electron chi connectivity index (χ4n) is 2.12. The lowest BCUT2D eigenvalue weighted by atomic mass is 10.1. The Bertz CT molecular complexity index is 647. The molecule has 0 saturated carbocycles. The van der Waals surface area contributed by atoms with Gasteiger partial charge in [0.1, 0.15) is 5.75 Å². The Morgan fingerprint density at radius 2 is 1.88 bits per heavy atom. The van der Waals surface area contributed by atoms with Gasteiger partial charge in [-0.1, -0.05) is 18.2 Å². The third kappa shape index (κ3) is 5.20. The van der Waals surface area contributed by atoms with Gasteiger partial charge < -0.3 is 20.1 Å². The Kier molecular flexibility index (Phi) is 6.97. The van der Waals surface area contributed by atoms with E-state index >= 15 is 0 Å². The largest absolute Gasteiger partial charge is 0.496 e. The Morgan fingerprint density at radius 1 is 1.12 bits per heavy atom. The third-order valence-corrected chi connectivity index (χ3v) is 3.38. The Balaban J connectivity index is 1.82. The van der Waals surface area contributed by atoms with Crippen LogP contribution in [0.1, 0.15) is 15.9 Å². The number of hydrogen-bond acceptors (Lipinski definition) is 6. The molecule has 1 aromatic carbocycles. The van der Waals surface area contributed by atoms with Crippen molar-refractivity contribution in [2.24, 2.45) is 0 Å². The van der Waals surface area contributed by atoms with E-state index in [9.17, 15) is 4.79 Å². The highest BCUT2D eigenvalue weighted by atomic mass is 16.5. The number of amides is 1. The lowest BCUT2D eigenvalue weighted by molar-refractivity contribution is 0.0936. The quantitative estimate of drug-likeness (QED) is 0.678. The zero-order valence-electron chi connectivity index (χ0n) is 13.9. The molecule has 0 aliphatic rings. The number of aromatic nitrogens is 2. The molecule has 1 aromatic heterocycles. The minimum absolute atomic E-state index is 0.215. The van der Waals surface area contributed by atoms with Gasteiger partial charge >= 0.3 is 0 Å². The van der Waals surface area contributed by atoms with Gasteiger partial charge in [0.25, 0.3) is 5.91 Å². The summed E-state index contributed by atoms with van der Waals surface area (Å²) in [6, 6.07) is 7.87. The van der Waals surface area contributed by atoms with Crippen LogP contribution < -0.4 is 15.4 Å². The van der Waals surface area contributed by atoms with Gasteiger partial charge in [-0.15, -0.1) is 0 Å². The van der Waals surface area contributed by atoms with Crippen molar-refractivity contribution < 1.29 is 14.3 Å². The van der Waals surface area contributed by atoms with Gasteiger partial charge in [0.2, 0.25) is 5.95 Å². The van der Waals surface area contributed by atoms with Gasteiger partial charge in [0.05, 0.1) is 19.3 Å². The van der Waals surface area contributed by atoms with Crippen LogP contribution in [0.5, 0.6) is 5.75 Å². The van der Waals surface area contributed by atoms with E-state index in [0.29, 0.717) is 31.2 Å². The van der Waals surface area contributed by atoms with Gasteiger partial charge in [0, 0.05) is 32.6 Å². The second kappa shape index (κ2) is 9.46. The van der Waals surface area contributed by atoms with Crippen molar-refractivity contribution >= 4 is 11.9 Å². The third-order valence-electron chi connectivity index (χ3n) is 3.38. The van der Waals surface area contributed by atoms with Crippen molar-refractivity contribution in [1.29, 1.82) is 0 Å². The first-order chi connectivity index (χ1) is 11.7. The summed E-state index contributed by atoms with van der Waals surface area (Å²) in [5.41, 5.74) is 1.53. The van der Waals surface area contributed by atoms with Crippen LogP contribution in [0.3, 0.4) is 0 Å². The molecule has 0 saturated heterocycles. The molecular weight excluding hydrogens is 308 g/mol. The molecule has 128 valence electrons. The van der Waals surface area contributed by atoms with Crippen LogP contribution in [0.2, 0.25) is 0 Å². The molecule has 0 unspecified atom stereocenters. The molecule has 0 aliphatic heterocycles. The molecule has 2 aromatic rings. The molecule has 0 radical (unpaired) electrons. The second-order valence-corrected chi connectivity index (χ2v) is 5.03. The lowest BCUT2D eigenvalue weighted by Crippen LogP contribution is -2.27. The average molecular weight is 330 g/mol. The van der Waals surface area contributed by atoms with Gasteiger partial charge in [-0.05, 0) is 18.1 Å². The zero-order valence-corrected chi connectivity index (χ0v) is 13.9. The maximum Gasteiger partial charge on any atom is 0.254 e. The highest BCUT2D eigenvalue weighted by Gasteiger charge is 2.07. The fourth-order valence-corrected chi connectivity index (χ4v) is 2.12. The number of nitrogens with one attached hydrogen (secondary N) is 2. The lowest BCUT2D eigenvalue weighted by Gasteiger charge is -2.09. The zero-order chi connectivity index (χ0) is 17.2. The van der Waals surface area contributed by atoms with Crippen molar-refractivity contribution in [1.82, 2.24) is 15.3 Å². The summed E-state index contributed by atoms with van der Waals surface area (Å²) in [7, 11) is 3.24. The summed E-state index contributed by atoms with van der Waals surface area (Å²) in [6.07, 6.45) is 3.79. The molecule has 0 bridgehead atoms. The number of nitrogens with zero attached hydrogens (tertiary/aromatic N) is 2. The van der Waals surface area contributed by atoms with Crippen molar-refractivity contribution in [3.63, 3.8) is 0 Å². The maximum atomic E-state index is 11.8. The van der Waals surface area contributed by atoms with Crippen molar-refractivity contribution in [3.05, 3.63) is 47.8 Å². The van der Waals surface area contributed by atoms with Crippen LogP contribution in [-0.4, -0.2) is 49.8 Å². The summed E-state index contributed by atoms with van der Waals surface area (Å²) < 4.78 is 10.2. The summed E-state index contributed by atoms with van der Waals surface area (Å²) in [5.74, 6) is 1.13. The molecule has 2 rings (SSSR count). The normalized spacial score (nSPS) is 10.2. The van der Waals surface area contributed by atoms with E-state index in [4.69, 9.17) is 9.47 Å². The summed E-state index contributed by atoms with van der Waals surface area (Å²) in [5, 5.41) is 5.85. The average Bonchev–Trinajstić information content (AvgIpc) is 2.63. The molecule has 0 fully saturated rings. The Labute approximate surface area is 141 Å². The molecule has 24 heavy (non-hydrogen) atoms. The first kappa shape index (κ1) is 17.7. The van der Waals surface area contributed by atoms with E-state index < -0.39 is 0 Å². The van der Waals surface area contributed by atoms with Crippen LogP contribution in [0.4, 0.5) is 5.95 Å². The maximum absolute atomic E-state index is 11.8. The predicted molar refractivity (Wildman–Crippen MR) is 91.4 cm³/mol. The fraction of sp³-hybridized carbons (Fsp3) is 0.353. The summed E-state index contributed by atoms with van der Waals surface area (Å²) >= 11 is 0. The number of benzene rings is 1. The van der Waals surface area contributed by atoms with Crippen LogP contribution in [0.25, 0.3) is 0 Å². The van der Waals surface area contributed by atoms with Crippen molar-refractivity contribution in [2.45, 2.75) is 6.42 Å². The molecule has 0 atom stereocenters. The molecule has 1 heterocycles. The molecule has 7 heteroatoms. The van der Waals surface area contributed by atoms with E-state index in [1.54, 1.807) is 14.2 Å². The molecular formula is C17H22N4O3. The Hall–Kier alpha value is -2.67. The number of hydrogen-bond donors (Lipinski definition) is 2. The number of ether oxygens (including phenoxy) is 2. The smallest absolute Gasteiger partial charge is 0.254 e. The summed E-state index contributed by atoms with van der Waals surface area (Å²) in [6.45, 7) is 1.59. The molecule has 2 N–H and O–H groups in total. The van der Waals surface area contributed by atoms with E-state index in [2.05, 4.69) is 20.6 Å². The van der Waals surface area contributed by atoms with Crippen LogP contribution in [0, 0.1) is 0 Å². The number of methoxy groups -OCH3 is 2. The molecule has 7 nitrogen and oxygen atoms in total. The van der Waals surface area contributed by atoms with Gasteiger partial charge in [-0.25, -0.2) is 9.97 Å². The Morgan fingerprint density at radius 3 is 2.58 bits per heavy atom. The van der Waals surface area contributed by atoms with Crippen LogP contribution >= 0.6 is 0 Å². The molecule has 0 aliphatic carbocycles. The number of para-hydroxylation sites is 1. The number of rotatable bonds is 9. The van der Waals surface area contributed by atoms with E-state index in [1.165, 1.54) is 12.4 Å². The van der Waals surface area contributed by atoms with Crippen molar-refractivity contribution in [2.75, 3.05) is 39.2 Å². The van der Waals surface area contributed by atoms with Crippen LogP contribution in [-0.2, 0) is 11.2 Å². The van der Waals surface area contributed by atoms with E-state index in [0.717, 1.165) is 17.7 Å². The highest BCUT2D eigenvalue weighted by Crippen LogP contribution is 2.17. The number of carbonyl (C=O) groups excluding carboxylic acids is 1. The second-order valence-electron chi connectivity index (χ2n) is 5.03. The summed E-state index contributed by atoms with van der Waals surface area (Å²) in [4.78, 5) is 20.1. The standard InChI is InChI=1S/C17H22N4O3/c1-23-10-9-18-16(22)14-11-20-17(21-12-14)19-8-7-13-5-3-4-6-15(13)24-2/h3-6,11-12H,7-10H2,1-2H3,(H,18,22)(H,19,20,21). The predicted octanol–water partition coefficient (Wildman–Crippen LogP) is 1.52. The highest BCUT2D eigenvalue weighted by molar-refractivity contribution is 5.93.